The summed E-state index contributed by atoms with van der Waals surface area (Å²) in [6, 6.07) is 60.9. The molecular formula is C64H40N6. The number of hydrogen-bond donors (Lipinski definition) is 0. The molecule has 9 aromatic carbocycles. The van der Waals surface area contributed by atoms with Crippen molar-refractivity contribution in [1.82, 2.24) is 9.13 Å². The Morgan fingerprint density at radius 3 is 1.30 bits per heavy atom. The van der Waals surface area contributed by atoms with E-state index in [1.807, 2.05) is 36.4 Å². The fourth-order valence-electron chi connectivity index (χ4n) is 12.3. The summed E-state index contributed by atoms with van der Waals surface area (Å²) in [6.07, 6.45) is 0. The quantitative estimate of drug-likeness (QED) is 0.162. The van der Waals surface area contributed by atoms with Gasteiger partial charge in [-0.15, -0.1) is 0 Å². The second kappa shape index (κ2) is 14.5. The Kier molecular flexibility index (Phi) is 8.46. The molecule has 0 N–H and O–H groups in total. The van der Waals surface area contributed by atoms with Crippen LogP contribution < -0.4 is 0 Å². The minimum atomic E-state index is -0.340. The fourth-order valence-corrected chi connectivity index (χ4v) is 12.3. The largest absolute Gasteiger partial charge is 0.308 e. The van der Waals surface area contributed by atoms with E-state index in [4.69, 9.17) is 19.7 Å². The van der Waals surface area contributed by atoms with Gasteiger partial charge in [-0.3, -0.25) is 0 Å². The van der Waals surface area contributed by atoms with Gasteiger partial charge in [0.2, 0.25) is 11.4 Å². The third-order valence-electron chi connectivity index (χ3n) is 15.4. The number of nitrogens with zero attached hydrogens (tertiary/aromatic N) is 6. The van der Waals surface area contributed by atoms with Gasteiger partial charge >= 0.3 is 0 Å². The van der Waals surface area contributed by atoms with Gasteiger partial charge < -0.3 is 9.13 Å². The predicted octanol–water partition coefficient (Wildman–Crippen LogP) is 17.4. The van der Waals surface area contributed by atoms with Crippen molar-refractivity contribution >= 4 is 60.7 Å². The topological polar surface area (TPSA) is 46.7 Å². The Bertz CT molecular complexity index is 4070. The van der Waals surface area contributed by atoms with Crippen LogP contribution in [0.2, 0.25) is 0 Å². The first-order chi connectivity index (χ1) is 34.1. The van der Waals surface area contributed by atoms with E-state index in [1.54, 1.807) is 12.1 Å². The summed E-state index contributed by atoms with van der Waals surface area (Å²) in [4.78, 5) is 12.8. The smallest absolute Gasteiger partial charge is 0.205 e. The highest BCUT2D eigenvalue weighted by molar-refractivity contribution is 6.18. The normalized spacial score (nSPS) is 13.6. The number of nitriles is 1. The van der Waals surface area contributed by atoms with E-state index in [0.29, 0.717) is 44.9 Å². The monoisotopic (exact) mass is 892 g/mol. The van der Waals surface area contributed by atoms with E-state index >= 15 is 0 Å². The van der Waals surface area contributed by atoms with Crippen LogP contribution in [0.1, 0.15) is 55.5 Å². The van der Waals surface area contributed by atoms with E-state index in [9.17, 15) is 5.26 Å². The van der Waals surface area contributed by atoms with Crippen molar-refractivity contribution in [1.29, 1.82) is 5.26 Å². The Labute approximate surface area is 405 Å². The number of para-hydroxylation sites is 3. The lowest BCUT2D eigenvalue weighted by Crippen LogP contribution is -2.15. The summed E-state index contributed by atoms with van der Waals surface area (Å²) in [6.45, 7) is 36.1. The van der Waals surface area contributed by atoms with Gasteiger partial charge in [0.1, 0.15) is 0 Å². The number of benzene rings is 9. The SMILES string of the molecule is [C-]#[N+]c1ccccc1-c1c([N+]#[C-])c([N+]#[C-])c(-c2ccccc2C#N)c(-n2c3ccccc3c3cc4c(cc32)C(C)(C)c2ccccc2-4)c1-n1c2ccccc2c2cc3c(cc21)C(C)(C)c1ccccc1-3. The number of fused-ring (bicyclic) bond motifs is 12. The van der Waals surface area contributed by atoms with Crippen LogP contribution in [-0.2, 0) is 10.8 Å². The molecular weight excluding hydrogens is 853 g/mol. The molecule has 70 heavy (non-hydrogen) atoms. The van der Waals surface area contributed by atoms with E-state index in [-0.39, 0.29) is 22.2 Å². The van der Waals surface area contributed by atoms with Gasteiger partial charge in [-0.25, -0.2) is 14.5 Å². The summed E-state index contributed by atoms with van der Waals surface area (Å²) in [7, 11) is 0. The highest BCUT2D eigenvalue weighted by atomic mass is 15.1. The highest BCUT2D eigenvalue weighted by Gasteiger charge is 2.40. The van der Waals surface area contributed by atoms with E-state index in [2.05, 4.69) is 179 Å². The maximum absolute atomic E-state index is 11.0. The summed E-state index contributed by atoms with van der Waals surface area (Å²) < 4.78 is 4.59. The van der Waals surface area contributed by atoms with E-state index in [0.717, 1.165) is 43.6 Å². The molecule has 6 nitrogen and oxygen atoms in total. The van der Waals surface area contributed by atoms with Crippen molar-refractivity contribution in [2.45, 2.75) is 38.5 Å². The second-order valence-electron chi connectivity index (χ2n) is 19.5. The molecule has 0 atom stereocenters. The molecule has 0 saturated heterocycles. The number of aromatic nitrogens is 2. The molecule has 6 heteroatoms. The van der Waals surface area contributed by atoms with Crippen LogP contribution in [0, 0.1) is 31.0 Å². The fraction of sp³-hybridized carbons (Fsp3) is 0.0938. The van der Waals surface area contributed by atoms with Crippen molar-refractivity contribution in [3.8, 4) is 62.0 Å². The zero-order valence-electron chi connectivity index (χ0n) is 38.8. The molecule has 0 fully saturated rings. The Morgan fingerprint density at radius 2 is 0.814 bits per heavy atom. The molecule has 2 heterocycles. The third kappa shape index (κ3) is 5.23. The van der Waals surface area contributed by atoms with Crippen LogP contribution in [0.25, 0.3) is 114 Å². The Hall–Kier alpha value is -9.46. The lowest BCUT2D eigenvalue weighted by atomic mass is 9.82. The van der Waals surface area contributed by atoms with Crippen molar-refractivity contribution in [3.63, 3.8) is 0 Å². The zero-order valence-corrected chi connectivity index (χ0v) is 38.8. The summed E-state index contributed by atoms with van der Waals surface area (Å²) in [5.41, 5.74) is 16.9. The van der Waals surface area contributed by atoms with Crippen molar-refractivity contribution < 1.29 is 0 Å². The van der Waals surface area contributed by atoms with Crippen molar-refractivity contribution in [2.24, 2.45) is 0 Å². The maximum atomic E-state index is 11.0. The molecule has 2 aliphatic rings. The lowest BCUT2D eigenvalue weighted by molar-refractivity contribution is 0.660. The average Bonchev–Trinajstić information content (AvgIpc) is 4.04. The van der Waals surface area contributed by atoms with Crippen molar-refractivity contribution in [3.05, 3.63) is 232 Å². The second-order valence-corrected chi connectivity index (χ2v) is 19.5. The average molecular weight is 893 g/mol. The van der Waals surface area contributed by atoms with Crippen LogP contribution >= 0.6 is 0 Å². The molecule has 326 valence electrons. The van der Waals surface area contributed by atoms with Crippen LogP contribution in [0.5, 0.6) is 0 Å². The van der Waals surface area contributed by atoms with Gasteiger partial charge in [0.25, 0.3) is 0 Å². The third-order valence-corrected chi connectivity index (χ3v) is 15.4. The van der Waals surface area contributed by atoms with Crippen LogP contribution in [0.3, 0.4) is 0 Å². The summed E-state index contributed by atoms with van der Waals surface area (Å²) >= 11 is 0. The molecule has 0 saturated carbocycles. The summed E-state index contributed by atoms with van der Waals surface area (Å²) in [5, 5.41) is 15.1. The standard InChI is InChI=1S/C64H40N6/c1-63(2)48-27-15-10-22-39(48)44-32-46-41-24-13-18-30-53(41)69(55(46)34-50(44)63)61-57(38-21-9-8-20-37(38)36-65)59(67-6)60(68-7)58(43-26-12-17-29-52(43)66-5)62(61)70-54-31-19-14-25-42(54)47-33-45-40-23-11-16-28-49(40)64(3,4)51(45)35-56(47)70/h8-35H,1-4H3. The molecule has 0 unspecified atom stereocenters. The molecule has 13 rings (SSSR count). The maximum Gasteiger partial charge on any atom is 0.205 e. The minimum absolute atomic E-state index is 0.115. The summed E-state index contributed by atoms with van der Waals surface area (Å²) in [5.74, 6) is 0. The van der Waals surface area contributed by atoms with E-state index < -0.39 is 0 Å². The first-order valence-electron chi connectivity index (χ1n) is 23.4. The molecule has 0 spiro atoms. The first-order valence-corrected chi connectivity index (χ1v) is 23.4. The minimum Gasteiger partial charge on any atom is -0.308 e. The van der Waals surface area contributed by atoms with Crippen molar-refractivity contribution in [2.75, 3.05) is 0 Å². The van der Waals surface area contributed by atoms with Crippen LogP contribution in [0.15, 0.2) is 170 Å². The molecule has 0 aliphatic heterocycles. The van der Waals surface area contributed by atoms with Gasteiger partial charge in [-0.05, 0) is 104 Å². The Balaban J connectivity index is 1.33. The number of rotatable bonds is 4. The predicted molar refractivity (Wildman–Crippen MR) is 285 cm³/mol. The molecule has 0 bridgehead atoms. The molecule has 0 amide bonds. The molecule has 2 aliphatic carbocycles. The lowest BCUT2D eigenvalue weighted by Gasteiger charge is -2.28. The van der Waals surface area contributed by atoms with Crippen LogP contribution in [0.4, 0.5) is 17.1 Å². The highest BCUT2D eigenvalue weighted by Crippen LogP contribution is 2.59. The van der Waals surface area contributed by atoms with Gasteiger partial charge in [0.15, 0.2) is 5.69 Å². The Morgan fingerprint density at radius 1 is 0.400 bits per heavy atom. The van der Waals surface area contributed by atoms with Gasteiger partial charge in [-0.1, -0.05) is 155 Å². The van der Waals surface area contributed by atoms with E-state index in [1.165, 1.54) is 44.5 Å². The molecule has 0 radical (unpaired) electrons. The number of hydrogen-bond acceptors (Lipinski definition) is 1. The van der Waals surface area contributed by atoms with Gasteiger partial charge in [0.05, 0.1) is 64.8 Å². The van der Waals surface area contributed by atoms with Gasteiger partial charge in [-0.2, -0.15) is 5.26 Å². The molecule has 11 aromatic rings. The van der Waals surface area contributed by atoms with Crippen LogP contribution in [-0.4, -0.2) is 9.13 Å². The molecule has 2 aromatic heterocycles. The zero-order chi connectivity index (χ0) is 47.8. The van der Waals surface area contributed by atoms with Gasteiger partial charge in [0, 0.05) is 37.9 Å². The first kappa shape index (κ1) is 40.8.